The maximum atomic E-state index is 5.77. The Kier molecular flexibility index (Phi) is 2.18. The van der Waals surface area contributed by atoms with Gasteiger partial charge < -0.3 is 0 Å². The molecule has 1 fully saturated rings. The molecule has 47 valence electrons. The molecule has 1 aliphatic rings. The van der Waals surface area contributed by atoms with Crippen molar-refractivity contribution in [3.05, 3.63) is 6.92 Å². The van der Waals surface area contributed by atoms with Crippen molar-refractivity contribution in [3.8, 4) is 0 Å². The molecule has 0 spiro atoms. The van der Waals surface area contributed by atoms with Crippen LogP contribution in [0.3, 0.4) is 0 Å². The first-order valence-corrected chi connectivity index (χ1v) is 3.71. The smallest absolute Gasteiger partial charge is 0.0364 e. The number of alkyl halides is 1. The molecule has 0 bridgehead atoms. The van der Waals surface area contributed by atoms with Gasteiger partial charge in [0, 0.05) is 5.38 Å². The Morgan fingerprint density at radius 2 is 1.88 bits per heavy atom. The van der Waals surface area contributed by atoms with Gasteiger partial charge in [-0.3, -0.25) is 0 Å². The molecule has 0 nitrogen and oxygen atoms in total. The molecule has 0 aromatic carbocycles. The Morgan fingerprint density at radius 1 is 1.38 bits per heavy atom. The summed E-state index contributed by atoms with van der Waals surface area (Å²) in [7, 11) is 0. The highest BCUT2D eigenvalue weighted by atomic mass is 35.5. The minimum Gasteiger partial charge on any atom is -0.123 e. The second-order valence-corrected chi connectivity index (χ2v) is 3.12. The second kappa shape index (κ2) is 2.72. The van der Waals surface area contributed by atoms with Crippen LogP contribution < -0.4 is 0 Å². The lowest BCUT2D eigenvalue weighted by Gasteiger charge is -2.08. The van der Waals surface area contributed by atoms with Gasteiger partial charge in [0.05, 0.1) is 0 Å². The summed E-state index contributed by atoms with van der Waals surface area (Å²) in [6.07, 6.45) is 5.34. The minimum absolute atomic E-state index is 0.164. The lowest BCUT2D eigenvalue weighted by atomic mass is 10.1. The van der Waals surface area contributed by atoms with Crippen molar-refractivity contribution >= 4 is 11.6 Å². The van der Waals surface area contributed by atoms with Crippen LogP contribution in [-0.2, 0) is 0 Å². The maximum absolute atomic E-state index is 5.77. The van der Waals surface area contributed by atoms with Gasteiger partial charge in [0.15, 0.2) is 0 Å². The van der Waals surface area contributed by atoms with Crippen molar-refractivity contribution in [2.75, 3.05) is 0 Å². The monoisotopic (exact) mass is 131 g/mol. The van der Waals surface area contributed by atoms with Crippen LogP contribution in [0.5, 0.6) is 0 Å². The molecule has 1 radical (unpaired) electrons. The fourth-order valence-electron chi connectivity index (χ4n) is 1.32. The topological polar surface area (TPSA) is 0 Å². The van der Waals surface area contributed by atoms with Crippen LogP contribution in [0.15, 0.2) is 0 Å². The van der Waals surface area contributed by atoms with Gasteiger partial charge >= 0.3 is 0 Å². The van der Waals surface area contributed by atoms with Crippen molar-refractivity contribution in [3.63, 3.8) is 0 Å². The summed E-state index contributed by atoms with van der Waals surface area (Å²) in [4.78, 5) is 0. The Bertz CT molecular complexity index is 62.8. The van der Waals surface area contributed by atoms with E-state index in [0.717, 1.165) is 5.92 Å². The van der Waals surface area contributed by atoms with E-state index in [1.54, 1.807) is 0 Å². The third-order valence-electron chi connectivity index (χ3n) is 1.91. The van der Waals surface area contributed by atoms with Gasteiger partial charge in [-0.15, -0.1) is 11.6 Å². The summed E-state index contributed by atoms with van der Waals surface area (Å²) in [5.41, 5.74) is 0. The average molecular weight is 132 g/mol. The molecule has 0 N–H and O–H groups in total. The van der Waals surface area contributed by atoms with E-state index < -0.39 is 0 Å². The fourth-order valence-corrected chi connectivity index (χ4v) is 1.57. The lowest BCUT2D eigenvalue weighted by Crippen LogP contribution is -2.05. The molecule has 0 aromatic heterocycles. The third kappa shape index (κ3) is 1.38. The first-order chi connectivity index (χ1) is 3.80. The summed E-state index contributed by atoms with van der Waals surface area (Å²) in [6, 6.07) is 0. The Morgan fingerprint density at radius 3 is 2.12 bits per heavy atom. The molecular weight excluding hydrogens is 120 g/mol. The van der Waals surface area contributed by atoms with E-state index in [0.29, 0.717) is 0 Å². The standard InChI is InChI=1S/C7H12Cl/c1-6(8)7-4-2-3-5-7/h6-7H,1-5H2. The summed E-state index contributed by atoms with van der Waals surface area (Å²) in [6.45, 7) is 3.79. The number of halogens is 1. The molecule has 0 heterocycles. The van der Waals surface area contributed by atoms with Crippen molar-refractivity contribution < 1.29 is 0 Å². The Labute approximate surface area is 56.2 Å². The largest absolute Gasteiger partial charge is 0.123 e. The third-order valence-corrected chi connectivity index (χ3v) is 2.27. The normalized spacial score (nSPS) is 26.2. The van der Waals surface area contributed by atoms with Crippen LogP contribution in [0.4, 0.5) is 0 Å². The fraction of sp³-hybridized carbons (Fsp3) is 0.857. The van der Waals surface area contributed by atoms with Crippen molar-refractivity contribution in [2.45, 2.75) is 31.1 Å². The summed E-state index contributed by atoms with van der Waals surface area (Å²) >= 11 is 5.77. The van der Waals surface area contributed by atoms with Crippen LogP contribution >= 0.6 is 11.6 Å². The molecule has 1 aliphatic carbocycles. The molecule has 1 atom stereocenters. The van der Waals surface area contributed by atoms with Gasteiger partial charge in [0.2, 0.25) is 0 Å². The van der Waals surface area contributed by atoms with E-state index in [-0.39, 0.29) is 5.38 Å². The van der Waals surface area contributed by atoms with E-state index in [2.05, 4.69) is 6.92 Å². The summed E-state index contributed by atoms with van der Waals surface area (Å²) in [5, 5.41) is 0.164. The van der Waals surface area contributed by atoms with Gasteiger partial charge in [-0.05, 0) is 25.7 Å². The molecule has 1 rings (SSSR count). The van der Waals surface area contributed by atoms with Crippen molar-refractivity contribution in [1.29, 1.82) is 0 Å². The van der Waals surface area contributed by atoms with Crippen molar-refractivity contribution in [2.24, 2.45) is 5.92 Å². The maximum Gasteiger partial charge on any atom is 0.0364 e. The molecule has 0 aromatic rings. The highest BCUT2D eigenvalue weighted by Gasteiger charge is 2.18. The quantitative estimate of drug-likeness (QED) is 0.480. The van der Waals surface area contributed by atoms with Crippen LogP contribution in [0.1, 0.15) is 25.7 Å². The minimum atomic E-state index is 0.164. The van der Waals surface area contributed by atoms with Crippen LogP contribution in [-0.4, -0.2) is 5.38 Å². The number of hydrogen-bond donors (Lipinski definition) is 0. The molecule has 8 heavy (non-hydrogen) atoms. The van der Waals surface area contributed by atoms with Crippen LogP contribution in [0, 0.1) is 12.8 Å². The van der Waals surface area contributed by atoms with E-state index in [1.807, 2.05) is 0 Å². The zero-order valence-corrected chi connectivity index (χ0v) is 5.82. The Balaban J connectivity index is 2.24. The van der Waals surface area contributed by atoms with Crippen molar-refractivity contribution in [1.82, 2.24) is 0 Å². The number of hydrogen-bond acceptors (Lipinski definition) is 0. The molecule has 0 saturated heterocycles. The summed E-state index contributed by atoms with van der Waals surface area (Å²) < 4.78 is 0. The highest BCUT2D eigenvalue weighted by Crippen LogP contribution is 2.29. The summed E-state index contributed by atoms with van der Waals surface area (Å²) in [5.74, 6) is 0.719. The highest BCUT2D eigenvalue weighted by molar-refractivity contribution is 6.21. The predicted octanol–water partition coefficient (Wildman–Crippen LogP) is 2.62. The number of rotatable bonds is 1. The molecule has 1 heteroatoms. The van der Waals surface area contributed by atoms with Gasteiger partial charge in [-0.25, -0.2) is 0 Å². The molecule has 1 unspecified atom stereocenters. The van der Waals surface area contributed by atoms with Gasteiger partial charge in [-0.1, -0.05) is 12.8 Å². The van der Waals surface area contributed by atoms with E-state index >= 15 is 0 Å². The molecule has 1 saturated carbocycles. The zero-order chi connectivity index (χ0) is 5.98. The van der Waals surface area contributed by atoms with E-state index in [1.165, 1.54) is 25.7 Å². The lowest BCUT2D eigenvalue weighted by molar-refractivity contribution is 0.563. The zero-order valence-electron chi connectivity index (χ0n) is 5.07. The molecule has 0 amide bonds. The molecule has 0 aliphatic heterocycles. The van der Waals surface area contributed by atoms with Gasteiger partial charge in [-0.2, -0.15) is 0 Å². The first-order valence-electron chi connectivity index (χ1n) is 3.28. The van der Waals surface area contributed by atoms with Gasteiger partial charge in [0.25, 0.3) is 0 Å². The van der Waals surface area contributed by atoms with E-state index in [4.69, 9.17) is 11.6 Å². The van der Waals surface area contributed by atoms with Crippen LogP contribution in [0.2, 0.25) is 0 Å². The second-order valence-electron chi connectivity index (χ2n) is 2.56. The molecular formula is C7H12Cl. The SMILES string of the molecule is [CH2]C(Cl)C1CCCC1. The first kappa shape index (κ1) is 6.41. The van der Waals surface area contributed by atoms with E-state index in [9.17, 15) is 0 Å². The predicted molar refractivity (Wildman–Crippen MR) is 37.0 cm³/mol. The average Bonchev–Trinajstić information content (AvgIpc) is 2.12. The Hall–Kier alpha value is 0.290. The van der Waals surface area contributed by atoms with Crippen LogP contribution in [0.25, 0.3) is 0 Å². The van der Waals surface area contributed by atoms with Gasteiger partial charge in [0.1, 0.15) is 0 Å².